The second-order valence-corrected chi connectivity index (χ2v) is 7.95. The molecule has 0 aromatic heterocycles. The zero-order chi connectivity index (χ0) is 19.9. The molecule has 0 spiro atoms. The van der Waals surface area contributed by atoms with E-state index in [9.17, 15) is 20.2 Å². The van der Waals surface area contributed by atoms with Crippen LogP contribution in [-0.2, 0) is 0 Å². The van der Waals surface area contributed by atoms with Gasteiger partial charge in [-0.3, -0.25) is 25.7 Å². The molecule has 8 nitrogen and oxygen atoms in total. The van der Waals surface area contributed by atoms with Gasteiger partial charge in [-0.05, 0) is 43.6 Å². The maximum atomic E-state index is 11.2. The third-order valence-electron chi connectivity index (χ3n) is 6.15. The van der Waals surface area contributed by atoms with Gasteiger partial charge in [-0.25, -0.2) is 0 Å². The molecular formula is C20H28N4O4. The van der Waals surface area contributed by atoms with Crippen molar-refractivity contribution in [1.82, 2.24) is 0 Å². The first kappa shape index (κ1) is 20.2. The lowest BCUT2D eigenvalue weighted by Crippen LogP contribution is -2.23. The molecule has 0 unspecified atom stereocenters. The highest BCUT2D eigenvalue weighted by Crippen LogP contribution is 2.36. The molecule has 0 heterocycles. The van der Waals surface area contributed by atoms with Gasteiger partial charge in [0.05, 0.1) is 15.9 Å². The number of hydrogen-bond donors (Lipinski definition) is 1. The third kappa shape index (κ3) is 5.27. The van der Waals surface area contributed by atoms with Crippen LogP contribution < -0.4 is 5.43 Å². The van der Waals surface area contributed by atoms with Crippen LogP contribution >= 0.6 is 0 Å². The van der Waals surface area contributed by atoms with E-state index in [0.717, 1.165) is 49.3 Å². The Morgan fingerprint density at radius 1 is 0.857 bits per heavy atom. The minimum atomic E-state index is -0.639. The largest absolute Gasteiger partial charge is 0.301 e. The number of benzene rings is 1. The quantitative estimate of drug-likeness (QED) is 0.504. The highest BCUT2D eigenvalue weighted by atomic mass is 16.6. The Morgan fingerprint density at radius 3 is 2.07 bits per heavy atom. The minimum Gasteiger partial charge on any atom is -0.272 e. The maximum Gasteiger partial charge on any atom is 0.301 e. The molecule has 0 atom stereocenters. The predicted molar refractivity (Wildman–Crippen MR) is 109 cm³/mol. The average molecular weight is 388 g/mol. The molecule has 0 bridgehead atoms. The monoisotopic (exact) mass is 388 g/mol. The normalized spacial score (nSPS) is 21.4. The fourth-order valence-electron chi connectivity index (χ4n) is 4.53. The SMILES string of the molecule is O=[N+]([O-])c1ccc(NN=C2CCC(C3CCCCCCC3)CC2)c([N+](=O)[O-])c1. The molecule has 28 heavy (non-hydrogen) atoms. The summed E-state index contributed by atoms with van der Waals surface area (Å²) in [5, 5.41) is 26.4. The van der Waals surface area contributed by atoms with Gasteiger partial charge in [-0.2, -0.15) is 5.10 Å². The lowest BCUT2D eigenvalue weighted by Gasteiger charge is -2.32. The summed E-state index contributed by atoms with van der Waals surface area (Å²) in [7, 11) is 0. The topological polar surface area (TPSA) is 111 Å². The average Bonchev–Trinajstić information content (AvgIpc) is 2.66. The molecule has 1 N–H and O–H groups in total. The molecular weight excluding hydrogens is 360 g/mol. The predicted octanol–water partition coefficient (Wildman–Crippen LogP) is 5.82. The standard InChI is InChI=1S/C20H28N4O4/c25-23(26)18-12-13-19(20(14-18)24(27)28)22-21-17-10-8-16(9-11-17)15-6-4-2-1-3-5-7-15/h12-16,22H,1-11H2. The van der Waals surface area contributed by atoms with Crippen LogP contribution in [0.2, 0.25) is 0 Å². The van der Waals surface area contributed by atoms with Crippen molar-refractivity contribution < 1.29 is 9.85 Å². The first-order valence-corrected chi connectivity index (χ1v) is 10.3. The van der Waals surface area contributed by atoms with E-state index in [1.165, 1.54) is 57.1 Å². The molecule has 152 valence electrons. The van der Waals surface area contributed by atoms with E-state index in [-0.39, 0.29) is 17.1 Å². The second-order valence-electron chi connectivity index (χ2n) is 7.95. The summed E-state index contributed by atoms with van der Waals surface area (Å²) >= 11 is 0. The van der Waals surface area contributed by atoms with E-state index in [0.29, 0.717) is 0 Å². The Labute approximate surface area is 164 Å². The van der Waals surface area contributed by atoms with Gasteiger partial charge in [0, 0.05) is 11.8 Å². The summed E-state index contributed by atoms with van der Waals surface area (Å²) in [6.45, 7) is 0. The summed E-state index contributed by atoms with van der Waals surface area (Å²) in [5.41, 5.74) is 3.34. The fourth-order valence-corrected chi connectivity index (χ4v) is 4.53. The molecule has 0 saturated heterocycles. The van der Waals surface area contributed by atoms with Gasteiger partial charge in [0.25, 0.3) is 5.69 Å². The van der Waals surface area contributed by atoms with Crippen LogP contribution in [0, 0.1) is 32.1 Å². The van der Waals surface area contributed by atoms with Crippen molar-refractivity contribution in [1.29, 1.82) is 0 Å². The van der Waals surface area contributed by atoms with Crippen LogP contribution in [0.25, 0.3) is 0 Å². The smallest absolute Gasteiger partial charge is 0.272 e. The molecule has 2 aliphatic rings. The molecule has 3 rings (SSSR count). The number of anilines is 1. The van der Waals surface area contributed by atoms with Crippen molar-refractivity contribution >= 4 is 22.8 Å². The number of nitro benzene ring substituents is 2. The molecule has 1 aromatic carbocycles. The Hall–Kier alpha value is -2.51. The zero-order valence-corrected chi connectivity index (χ0v) is 16.1. The van der Waals surface area contributed by atoms with Crippen LogP contribution in [0.5, 0.6) is 0 Å². The first-order chi connectivity index (χ1) is 13.5. The van der Waals surface area contributed by atoms with Gasteiger partial charge in [0.15, 0.2) is 0 Å². The van der Waals surface area contributed by atoms with E-state index in [4.69, 9.17) is 0 Å². The molecule has 2 aliphatic carbocycles. The van der Waals surface area contributed by atoms with Crippen LogP contribution in [0.1, 0.15) is 70.6 Å². The lowest BCUT2D eigenvalue weighted by atomic mass is 9.74. The number of hydrogen-bond acceptors (Lipinski definition) is 6. The van der Waals surface area contributed by atoms with Gasteiger partial charge in [-0.1, -0.05) is 44.9 Å². The number of hydrazone groups is 1. The van der Waals surface area contributed by atoms with Crippen LogP contribution in [0.4, 0.5) is 17.1 Å². The van der Waals surface area contributed by atoms with Crippen molar-refractivity contribution in [2.24, 2.45) is 16.9 Å². The lowest BCUT2D eigenvalue weighted by molar-refractivity contribution is -0.393. The highest BCUT2D eigenvalue weighted by Gasteiger charge is 2.26. The Bertz CT molecular complexity index is 732. The van der Waals surface area contributed by atoms with Crippen LogP contribution in [0.15, 0.2) is 23.3 Å². The van der Waals surface area contributed by atoms with Crippen LogP contribution in [0.3, 0.4) is 0 Å². The maximum absolute atomic E-state index is 11.2. The van der Waals surface area contributed by atoms with Crippen molar-refractivity contribution in [2.45, 2.75) is 70.6 Å². The van der Waals surface area contributed by atoms with E-state index in [1.54, 1.807) is 0 Å². The van der Waals surface area contributed by atoms with E-state index < -0.39 is 9.85 Å². The Morgan fingerprint density at radius 2 is 1.46 bits per heavy atom. The number of nitrogens with one attached hydrogen (secondary N) is 1. The zero-order valence-electron chi connectivity index (χ0n) is 16.1. The Balaban J connectivity index is 1.59. The van der Waals surface area contributed by atoms with Crippen molar-refractivity contribution in [3.63, 3.8) is 0 Å². The summed E-state index contributed by atoms with van der Waals surface area (Å²) in [6.07, 6.45) is 13.6. The molecule has 0 amide bonds. The number of non-ortho nitro benzene ring substituents is 1. The van der Waals surface area contributed by atoms with E-state index in [2.05, 4.69) is 10.5 Å². The minimum absolute atomic E-state index is 0.185. The summed E-state index contributed by atoms with van der Waals surface area (Å²) in [5.74, 6) is 1.61. The van der Waals surface area contributed by atoms with Crippen molar-refractivity contribution in [3.8, 4) is 0 Å². The third-order valence-corrected chi connectivity index (χ3v) is 6.15. The van der Waals surface area contributed by atoms with Crippen molar-refractivity contribution in [3.05, 3.63) is 38.4 Å². The summed E-state index contributed by atoms with van der Waals surface area (Å²) < 4.78 is 0. The van der Waals surface area contributed by atoms with Crippen LogP contribution in [-0.4, -0.2) is 15.6 Å². The summed E-state index contributed by atoms with van der Waals surface area (Å²) in [4.78, 5) is 20.8. The molecule has 2 fully saturated rings. The number of nitrogens with zero attached hydrogens (tertiary/aromatic N) is 3. The number of rotatable bonds is 5. The molecule has 1 aromatic rings. The molecule has 0 aliphatic heterocycles. The number of nitro groups is 2. The van der Waals surface area contributed by atoms with Crippen molar-refractivity contribution in [2.75, 3.05) is 5.43 Å². The van der Waals surface area contributed by atoms with Gasteiger partial charge < -0.3 is 0 Å². The van der Waals surface area contributed by atoms with Gasteiger partial charge >= 0.3 is 5.69 Å². The molecule has 2 saturated carbocycles. The Kier molecular flexibility index (Phi) is 6.95. The van der Waals surface area contributed by atoms with Gasteiger partial charge in [0.1, 0.15) is 5.69 Å². The van der Waals surface area contributed by atoms with E-state index in [1.807, 2.05) is 0 Å². The van der Waals surface area contributed by atoms with E-state index >= 15 is 0 Å². The van der Waals surface area contributed by atoms with Gasteiger partial charge in [-0.15, -0.1) is 0 Å². The highest BCUT2D eigenvalue weighted by molar-refractivity contribution is 5.86. The first-order valence-electron chi connectivity index (χ1n) is 10.3. The second kappa shape index (κ2) is 9.61. The van der Waals surface area contributed by atoms with Gasteiger partial charge in [0.2, 0.25) is 0 Å². The summed E-state index contributed by atoms with van der Waals surface area (Å²) in [6, 6.07) is 3.57. The fraction of sp³-hybridized carbons (Fsp3) is 0.650. The molecule has 8 heteroatoms. The molecule has 0 radical (unpaired) electrons.